The second kappa shape index (κ2) is 4.51. The number of aliphatic hydroxyl groups is 1. The Hall–Kier alpha value is -0.940. The van der Waals surface area contributed by atoms with Gasteiger partial charge >= 0.3 is 0 Å². The zero-order valence-electron chi connectivity index (χ0n) is 9.56. The highest BCUT2D eigenvalue weighted by atomic mass is 32.1. The second-order valence-corrected chi connectivity index (χ2v) is 5.33. The lowest BCUT2D eigenvalue weighted by molar-refractivity contribution is 0.0681. The molecule has 1 N–H and O–H groups in total. The van der Waals surface area contributed by atoms with Gasteiger partial charge in [-0.2, -0.15) is 0 Å². The van der Waals surface area contributed by atoms with Crippen molar-refractivity contribution >= 4 is 17.2 Å². The fourth-order valence-electron chi connectivity index (χ4n) is 2.15. The van der Waals surface area contributed by atoms with Gasteiger partial charge in [-0.1, -0.05) is 0 Å². The van der Waals surface area contributed by atoms with Crippen molar-refractivity contribution in [3.05, 3.63) is 15.6 Å². The zero-order chi connectivity index (χ0) is 11.7. The van der Waals surface area contributed by atoms with Gasteiger partial charge in [0.15, 0.2) is 0 Å². The van der Waals surface area contributed by atoms with Crippen LogP contribution in [0, 0.1) is 13.8 Å². The highest BCUT2D eigenvalue weighted by Gasteiger charge is 2.30. The van der Waals surface area contributed by atoms with E-state index in [4.69, 9.17) is 0 Å². The molecule has 1 fully saturated rings. The molecule has 1 aliphatic rings. The summed E-state index contributed by atoms with van der Waals surface area (Å²) in [6.07, 6.45) is 1.88. The van der Waals surface area contributed by atoms with Crippen LogP contribution in [0.4, 0.5) is 0 Å². The molecule has 1 aromatic rings. The van der Waals surface area contributed by atoms with Crippen molar-refractivity contribution in [3.8, 4) is 0 Å². The lowest BCUT2D eigenvalue weighted by Gasteiger charge is -2.22. The molecular formula is C11H16N2O2S. The molecule has 1 aliphatic heterocycles. The van der Waals surface area contributed by atoms with Gasteiger partial charge in [0.1, 0.15) is 4.88 Å². The Balaban J connectivity index is 2.21. The van der Waals surface area contributed by atoms with Crippen LogP contribution in [-0.4, -0.2) is 40.1 Å². The van der Waals surface area contributed by atoms with E-state index in [0.29, 0.717) is 0 Å². The summed E-state index contributed by atoms with van der Waals surface area (Å²) < 4.78 is 0. The fourth-order valence-corrected chi connectivity index (χ4v) is 3.03. The maximum Gasteiger partial charge on any atom is 0.266 e. The molecule has 1 atom stereocenters. The van der Waals surface area contributed by atoms with E-state index in [0.717, 1.165) is 35.0 Å². The summed E-state index contributed by atoms with van der Waals surface area (Å²) in [5, 5.41) is 10.1. The van der Waals surface area contributed by atoms with Crippen LogP contribution in [0.3, 0.4) is 0 Å². The first-order valence-corrected chi connectivity index (χ1v) is 6.31. The fraction of sp³-hybridized carbons (Fsp3) is 0.636. The first kappa shape index (κ1) is 11.5. The summed E-state index contributed by atoms with van der Waals surface area (Å²) in [5.74, 6) is 0.0275. The molecule has 0 bridgehead atoms. The van der Waals surface area contributed by atoms with Crippen LogP contribution >= 0.6 is 11.3 Å². The molecule has 1 saturated heterocycles. The van der Waals surface area contributed by atoms with Crippen LogP contribution in [-0.2, 0) is 0 Å². The quantitative estimate of drug-likeness (QED) is 0.849. The molecule has 1 aromatic heterocycles. The van der Waals surface area contributed by atoms with E-state index in [1.165, 1.54) is 11.3 Å². The Morgan fingerprint density at radius 2 is 2.38 bits per heavy atom. The number of aryl methyl sites for hydroxylation is 2. The van der Waals surface area contributed by atoms with E-state index >= 15 is 0 Å². The van der Waals surface area contributed by atoms with E-state index in [2.05, 4.69) is 4.98 Å². The molecule has 0 saturated carbocycles. The average Bonchev–Trinajstić information content (AvgIpc) is 2.83. The number of rotatable bonds is 2. The maximum atomic E-state index is 12.2. The smallest absolute Gasteiger partial charge is 0.266 e. The molecule has 0 aromatic carbocycles. The SMILES string of the molecule is Cc1nc(C)c(C(=O)N2CCC[C@H]2CO)s1. The third kappa shape index (κ3) is 1.97. The average molecular weight is 240 g/mol. The predicted molar refractivity (Wildman–Crippen MR) is 62.7 cm³/mol. The summed E-state index contributed by atoms with van der Waals surface area (Å²) in [6.45, 7) is 4.58. The van der Waals surface area contributed by atoms with Crippen LogP contribution in [0.1, 0.15) is 33.2 Å². The van der Waals surface area contributed by atoms with Crippen molar-refractivity contribution in [3.63, 3.8) is 0 Å². The molecule has 88 valence electrons. The number of carbonyl (C=O) groups excluding carboxylic acids is 1. The van der Waals surface area contributed by atoms with Gasteiger partial charge in [-0.3, -0.25) is 4.79 Å². The Kier molecular flexibility index (Phi) is 3.25. The third-order valence-corrected chi connectivity index (χ3v) is 4.01. The van der Waals surface area contributed by atoms with E-state index < -0.39 is 0 Å². The first-order chi connectivity index (χ1) is 7.63. The van der Waals surface area contributed by atoms with Crippen LogP contribution in [0.15, 0.2) is 0 Å². The highest BCUT2D eigenvalue weighted by molar-refractivity contribution is 7.13. The monoisotopic (exact) mass is 240 g/mol. The van der Waals surface area contributed by atoms with Gasteiger partial charge in [0.25, 0.3) is 5.91 Å². The molecule has 5 heteroatoms. The van der Waals surface area contributed by atoms with E-state index in [1.807, 2.05) is 13.8 Å². The number of amides is 1. The summed E-state index contributed by atoms with van der Waals surface area (Å²) in [4.78, 5) is 19.0. The zero-order valence-corrected chi connectivity index (χ0v) is 10.4. The molecule has 16 heavy (non-hydrogen) atoms. The Bertz CT molecular complexity index is 403. The lowest BCUT2D eigenvalue weighted by atomic mass is 10.2. The van der Waals surface area contributed by atoms with Crippen LogP contribution in [0.2, 0.25) is 0 Å². The van der Waals surface area contributed by atoms with Gasteiger partial charge in [-0.05, 0) is 26.7 Å². The molecular weight excluding hydrogens is 224 g/mol. The summed E-state index contributed by atoms with van der Waals surface area (Å²) >= 11 is 1.44. The standard InChI is InChI=1S/C11H16N2O2S/c1-7-10(16-8(2)12-7)11(15)13-5-3-4-9(13)6-14/h9,14H,3-6H2,1-2H3/t9-/m0/s1. The van der Waals surface area contributed by atoms with Crippen LogP contribution in [0.5, 0.6) is 0 Å². The molecule has 2 heterocycles. The minimum atomic E-state index is -0.00527. The Morgan fingerprint density at radius 1 is 1.62 bits per heavy atom. The number of hydrogen-bond donors (Lipinski definition) is 1. The topological polar surface area (TPSA) is 53.4 Å². The number of aliphatic hydroxyl groups excluding tert-OH is 1. The van der Waals surface area contributed by atoms with E-state index in [1.54, 1.807) is 4.90 Å². The third-order valence-electron chi connectivity index (χ3n) is 2.95. The Morgan fingerprint density at radius 3 is 2.94 bits per heavy atom. The van der Waals surface area contributed by atoms with E-state index in [9.17, 15) is 9.90 Å². The summed E-state index contributed by atoms with van der Waals surface area (Å²) in [5.41, 5.74) is 0.802. The number of hydrogen-bond acceptors (Lipinski definition) is 4. The molecule has 2 rings (SSSR count). The van der Waals surface area contributed by atoms with Gasteiger partial charge < -0.3 is 10.0 Å². The molecule has 0 spiro atoms. The number of nitrogens with zero attached hydrogens (tertiary/aromatic N) is 2. The summed E-state index contributed by atoms with van der Waals surface area (Å²) in [6, 6.07) is -0.00527. The van der Waals surface area contributed by atoms with Gasteiger partial charge in [0.2, 0.25) is 0 Å². The highest BCUT2D eigenvalue weighted by Crippen LogP contribution is 2.24. The van der Waals surface area contributed by atoms with Crippen molar-refractivity contribution < 1.29 is 9.90 Å². The molecule has 0 aliphatic carbocycles. The molecule has 0 radical (unpaired) electrons. The summed E-state index contributed by atoms with van der Waals surface area (Å²) in [7, 11) is 0. The van der Waals surface area contributed by atoms with Crippen molar-refractivity contribution in [2.24, 2.45) is 0 Å². The van der Waals surface area contributed by atoms with Gasteiger partial charge in [0.05, 0.1) is 23.4 Å². The number of aromatic nitrogens is 1. The minimum absolute atomic E-state index is 0.00527. The molecule has 0 unspecified atom stereocenters. The lowest BCUT2D eigenvalue weighted by Crippen LogP contribution is -2.37. The van der Waals surface area contributed by atoms with Gasteiger partial charge in [0, 0.05) is 6.54 Å². The second-order valence-electron chi connectivity index (χ2n) is 4.12. The van der Waals surface area contributed by atoms with Crippen molar-refractivity contribution in [2.75, 3.05) is 13.2 Å². The first-order valence-electron chi connectivity index (χ1n) is 5.49. The van der Waals surface area contributed by atoms with Crippen molar-refractivity contribution in [1.29, 1.82) is 0 Å². The predicted octanol–water partition coefficient (Wildman–Crippen LogP) is 1.36. The van der Waals surface area contributed by atoms with Crippen LogP contribution in [0.25, 0.3) is 0 Å². The normalized spacial score (nSPS) is 20.4. The number of likely N-dealkylation sites (tertiary alicyclic amines) is 1. The molecule has 1 amide bonds. The van der Waals surface area contributed by atoms with Crippen LogP contribution < -0.4 is 0 Å². The molecule has 4 nitrogen and oxygen atoms in total. The van der Waals surface area contributed by atoms with Crippen molar-refractivity contribution in [1.82, 2.24) is 9.88 Å². The van der Waals surface area contributed by atoms with Crippen molar-refractivity contribution in [2.45, 2.75) is 32.7 Å². The maximum absolute atomic E-state index is 12.2. The Labute approximate surface area is 98.9 Å². The minimum Gasteiger partial charge on any atom is -0.394 e. The largest absolute Gasteiger partial charge is 0.394 e. The van der Waals surface area contributed by atoms with Gasteiger partial charge in [-0.15, -0.1) is 11.3 Å². The van der Waals surface area contributed by atoms with E-state index in [-0.39, 0.29) is 18.6 Å². The number of carbonyl (C=O) groups is 1. The number of thiazole rings is 1. The van der Waals surface area contributed by atoms with Gasteiger partial charge in [-0.25, -0.2) is 4.98 Å².